The summed E-state index contributed by atoms with van der Waals surface area (Å²) in [6.07, 6.45) is 0. The van der Waals surface area contributed by atoms with Crippen molar-refractivity contribution in [3.63, 3.8) is 0 Å². The van der Waals surface area contributed by atoms with Gasteiger partial charge in [0.15, 0.2) is 0 Å². The molecule has 2 aromatic rings. The third-order valence-electron chi connectivity index (χ3n) is 8.00. The van der Waals surface area contributed by atoms with Crippen LogP contribution in [-0.4, -0.2) is 0 Å². The zero-order chi connectivity index (χ0) is 21.7. The van der Waals surface area contributed by atoms with Crippen LogP contribution in [0, 0.1) is 11.8 Å². The Labute approximate surface area is 182 Å². The van der Waals surface area contributed by atoms with Crippen LogP contribution >= 0.6 is 0 Å². The van der Waals surface area contributed by atoms with Gasteiger partial charge in [-0.05, 0) is 97.9 Å². The minimum absolute atomic E-state index is 0.560. The van der Waals surface area contributed by atoms with E-state index in [1.165, 1.54) is 66.8 Å². The minimum Gasteiger partial charge on any atom is -0.0629 e. The highest BCUT2D eigenvalue weighted by Crippen LogP contribution is 2.43. The molecule has 2 aliphatic carbocycles. The molecule has 0 radical (unpaired) electrons. The first-order valence-corrected chi connectivity index (χ1v) is 11.2. The molecule has 2 aliphatic rings. The Balaban J connectivity index is 1.63. The van der Waals surface area contributed by atoms with E-state index in [9.17, 15) is 0 Å². The first kappa shape index (κ1) is 20.7. The molecule has 2 aromatic carbocycles. The maximum absolute atomic E-state index is 2.32. The highest BCUT2D eigenvalue weighted by molar-refractivity contribution is 5.87. The number of benzene rings is 2. The maximum atomic E-state index is 2.32. The largest absolute Gasteiger partial charge is 0.0629 e. The van der Waals surface area contributed by atoms with Gasteiger partial charge in [0.1, 0.15) is 0 Å². The van der Waals surface area contributed by atoms with Gasteiger partial charge in [0.2, 0.25) is 0 Å². The van der Waals surface area contributed by atoms with Gasteiger partial charge in [-0.25, -0.2) is 0 Å². The molecular weight excluding hydrogens is 360 g/mol. The lowest BCUT2D eigenvalue weighted by atomic mass is 9.93. The number of hydrogen-bond acceptors (Lipinski definition) is 0. The predicted molar refractivity (Wildman–Crippen MR) is 132 cm³/mol. The van der Waals surface area contributed by atoms with Crippen LogP contribution in [0.25, 0.3) is 22.3 Å². The molecule has 4 rings (SSSR count). The van der Waals surface area contributed by atoms with Crippen LogP contribution in [0.3, 0.4) is 0 Å². The third kappa shape index (κ3) is 3.14. The molecule has 154 valence electrons. The van der Waals surface area contributed by atoms with Crippen LogP contribution in [0.1, 0.15) is 66.5 Å². The lowest BCUT2D eigenvalue weighted by molar-refractivity contribution is 0.818. The molecule has 0 heteroatoms. The average Bonchev–Trinajstić information content (AvgIpc) is 3.07. The molecule has 0 fully saturated rings. The lowest BCUT2D eigenvalue weighted by Crippen LogP contribution is -1.93. The van der Waals surface area contributed by atoms with Crippen LogP contribution in [0.4, 0.5) is 0 Å². The van der Waals surface area contributed by atoms with Crippen molar-refractivity contribution in [2.45, 2.75) is 55.4 Å². The quantitative estimate of drug-likeness (QED) is 0.487. The van der Waals surface area contributed by atoms with E-state index in [1.54, 1.807) is 0 Å². The van der Waals surface area contributed by atoms with Crippen molar-refractivity contribution < 1.29 is 0 Å². The molecule has 0 heterocycles. The summed E-state index contributed by atoms with van der Waals surface area (Å²) < 4.78 is 0. The molecule has 2 atom stereocenters. The Kier molecular flexibility index (Phi) is 5.22. The van der Waals surface area contributed by atoms with Gasteiger partial charge >= 0.3 is 0 Å². The fourth-order valence-electron chi connectivity index (χ4n) is 5.26. The van der Waals surface area contributed by atoms with Crippen molar-refractivity contribution >= 4 is 11.1 Å². The molecule has 0 nitrogen and oxygen atoms in total. The second kappa shape index (κ2) is 7.58. The Morgan fingerprint density at radius 2 is 0.667 bits per heavy atom. The molecule has 0 N–H and O–H groups in total. The molecule has 0 bridgehead atoms. The Morgan fingerprint density at radius 1 is 0.400 bits per heavy atom. The van der Waals surface area contributed by atoms with E-state index in [0.29, 0.717) is 11.8 Å². The SMILES string of the molecule is CC1=C(C)C(C)C(C)=C1c1ccc(-c2ccc(C3=C(C)C(C)C(C)=C3C)cc2)cc1. The summed E-state index contributed by atoms with van der Waals surface area (Å²) in [7, 11) is 0. The van der Waals surface area contributed by atoms with Gasteiger partial charge in [-0.3, -0.25) is 0 Å². The van der Waals surface area contributed by atoms with Gasteiger partial charge in [0.05, 0.1) is 0 Å². The van der Waals surface area contributed by atoms with E-state index in [0.717, 1.165) is 0 Å². The van der Waals surface area contributed by atoms with Crippen molar-refractivity contribution in [1.29, 1.82) is 0 Å². The van der Waals surface area contributed by atoms with Crippen molar-refractivity contribution in [1.82, 2.24) is 0 Å². The zero-order valence-electron chi connectivity index (χ0n) is 19.8. The second-order valence-corrected chi connectivity index (χ2v) is 9.33. The third-order valence-corrected chi connectivity index (χ3v) is 8.00. The van der Waals surface area contributed by atoms with Crippen molar-refractivity contribution in [3.05, 3.63) is 93.1 Å². The van der Waals surface area contributed by atoms with Gasteiger partial charge in [-0.1, -0.05) is 84.7 Å². The first-order valence-electron chi connectivity index (χ1n) is 11.2. The molecule has 0 spiro atoms. The fraction of sp³-hybridized carbons (Fsp3) is 0.333. The summed E-state index contributed by atoms with van der Waals surface area (Å²) in [5.41, 5.74) is 17.0. The number of allylic oxidation sites excluding steroid dienone is 8. The number of rotatable bonds is 3. The normalized spacial score (nSPS) is 22.1. The fourth-order valence-corrected chi connectivity index (χ4v) is 5.26. The maximum Gasteiger partial charge on any atom is -0.00117 e. The summed E-state index contributed by atoms with van der Waals surface area (Å²) >= 11 is 0. The first-order chi connectivity index (χ1) is 14.2. The van der Waals surface area contributed by atoms with Gasteiger partial charge in [0.25, 0.3) is 0 Å². The second-order valence-electron chi connectivity index (χ2n) is 9.33. The zero-order valence-corrected chi connectivity index (χ0v) is 19.8. The molecule has 0 aliphatic heterocycles. The van der Waals surface area contributed by atoms with Crippen LogP contribution in [0.5, 0.6) is 0 Å². The van der Waals surface area contributed by atoms with Crippen LogP contribution < -0.4 is 0 Å². The Hall–Kier alpha value is -2.60. The van der Waals surface area contributed by atoms with E-state index in [-0.39, 0.29) is 0 Å². The van der Waals surface area contributed by atoms with Crippen LogP contribution in [0.15, 0.2) is 82.0 Å². The minimum atomic E-state index is 0.560. The van der Waals surface area contributed by atoms with E-state index in [4.69, 9.17) is 0 Å². The summed E-state index contributed by atoms with van der Waals surface area (Å²) in [6.45, 7) is 18.3. The van der Waals surface area contributed by atoms with Gasteiger partial charge in [-0.15, -0.1) is 0 Å². The molecule has 2 unspecified atom stereocenters. The molecule has 30 heavy (non-hydrogen) atoms. The van der Waals surface area contributed by atoms with Crippen molar-refractivity contribution in [2.24, 2.45) is 11.8 Å². The average molecular weight is 395 g/mol. The summed E-state index contributed by atoms with van der Waals surface area (Å²) in [4.78, 5) is 0. The van der Waals surface area contributed by atoms with Gasteiger partial charge in [0, 0.05) is 0 Å². The van der Waals surface area contributed by atoms with E-state index >= 15 is 0 Å². The van der Waals surface area contributed by atoms with Crippen molar-refractivity contribution in [3.8, 4) is 11.1 Å². The van der Waals surface area contributed by atoms with E-state index in [1.807, 2.05) is 0 Å². The monoisotopic (exact) mass is 394 g/mol. The highest BCUT2D eigenvalue weighted by atomic mass is 14.3. The van der Waals surface area contributed by atoms with Crippen molar-refractivity contribution in [2.75, 3.05) is 0 Å². The molecule has 0 amide bonds. The predicted octanol–water partition coefficient (Wildman–Crippen LogP) is 8.87. The summed E-state index contributed by atoms with van der Waals surface area (Å²) in [5, 5.41) is 0. The smallest absolute Gasteiger partial charge is 0.00117 e. The Morgan fingerprint density at radius 3 is 0.900 bits per heavy atom. The molecule has 0 saturated heterocycles. The van der Waals surface area contributed by atoms with E-state index < -0.39 is 0 Å². The highest BCUT2D eigenvalue weighted by Gasteiger charge is 2.25. The van der Waals surface area contributed by atoms with Crippen LogP contribution in [-0.2, 0) is 0 Å². The standard InChI is InChI=1S/C30H34/c1-17-18(2)22(6)29(21(17)5)27-13-9-25(10-14-27)26-11-15-28(16-12-26)30-23(7)19(3)20(4)24(30)8/h9-17,19H,1-8H3. The lowest BCUT2D eigenvalue weighted by Gasteiger charge is -2.11. The van der Waals surface area contributed by atoms with E-state index in [2.05, 4.69) is 104 Å². The molecule has 0 saturated carbocycles. The number of hydrogen-bond donors (Lipinski definition) is 0. The van der Waals surface area contributed by atoms with Gasteiger partial charge in [-0.2, -0.15) is 0 Å². The van der Waals surface area contributed by atoms with Gasteiger partial charge < -0.3 is 0 Å². The Bertz CT molecular complexity index is 1030. The topological polar surface area (TPSA) is 0 Å². The molecule has 0 aromatic heterocycles. The summed E-state index contributed by atoms with van der Waals surface area (Å²) in [6, 6.07) is 18.2. The van der Waals surface area contributed by atoms with Crippen LogP contribution in [0.2, 0.25) is 0 Å². The molecular formula is C30H34. The summed E-state index contributed by atoms with van der Waals surface area (Å²) in [5.74, 6) is 1.12.